The molecule has 0 unspecified atom stereocenters. The number of aliphatic hydroxyl groups excluding tert-OH is 1. The van der Waals surface area contributed by atoms with Crippen molar-refractivity contribution in [3.8, 4) is 5.69 Å². The van der Waals surface area contributed by atoms with E-state index < -0.39 is 12.1 Å². The highest BCUT2D eigenvalue weighted by atomic mass is 16.4. The quantitative estimate of drug-likeness (QED) is 0.638. The highest BCUT2D eigenvalue weighted by Gasteiger charge is 2.35. The Bertz CT molecular complexity index is 677. The topological polar surface area (TPSA) is 142 Å². The molecule has 1 aliphatic heterocycles. The predicted octanol–water partition coefficient (Wildman–Crippen LogP) is -0.365. The monoisotopic (exact) mass is 335 g/mol. The number of nitrogens with zero attached hydrogens (tertiary/aromatic N) is 5. The summed E-state index contributed by atoms with van der Waals surface area (Å²) in [5.41, 5.74) is 0.814. The second kappa shape index (κ2) is 8.02. The molecule has 0 bridgehead atoms. The van der Waals surface area contributed by atoms with Crippen LogP contribution in [-0.2, 0) is 9.59 Å². The van der Waals surface area contributed by atoms with E-state index in [9.17, 15) is 9.90 Å². The molecule has 128 valence electrons. The van der Waals surface area contributed by atoms with Crippen LogP contribution < -0.4 is 4.90 Å². The van der Waals surface area contributed by atoms with Crippen LogP contribution in [0, 0.1) is 5.92 Å². The number of hydrogen-bond acceptors (Lipinski definition) is 7. The van der Waals surface area contributed by atoms with Gasteiger partial charge in [0.05, 0.1) is 18.2 Å². The van der Waals surface area contributed by atoms with Crippen molar-refractivity contribution in [1.29, 1.82) is 0 Å². The minimum Gasteiger partial charge on any atom is -0.483 e. The van der Waals surface area contributed by atoms with E-state index in [0.717, 1.165) is 5.69 Å². The van der Waals surface area contributed by atoms with E-state index in [2.05, 4.69) is 15.5 Å². The molecule has 24 heavy (non-hydrogen) atoms. The van der Waals surface area contributed by atoms with Crippen molar-refractivity contribution in [2.45, 2.75) is 12.5 Å². The zero-order chi connectivity index (χ0) is 17.5. The molecule has 1 aromatic heterocycles. The standard InChI is InChI=1S/C13H15N5O3.CH2O2/c19-11-8-17(7-9(11)6-12(20)21)13-14-15-16-18(13)10-4-2-1-3-5-10;2-1-3/h1-5,9,11,19H,6-8H2,(H,20,21);1H,(H,2,3)/t9-,11-;/m1./s1. The maximum Gasteiger partial charge on any atom is 0.303 e. The molecule has 0 aliphatic carbocycles. The summed E-state index contributed by atoms with van der Waals surface area (Å²) in [4.78, 5) is 21.0. The number of benzene rings is 1. The minimum atomic E-state index is -0.913. The van der Waals surface area contributed by atoms with Crippen LogP contribution in [-0.4, -0.2) is 67.2 Å². The van der Waals surface area contributed by atoms with E-state index in [1.807, 2.05) is 35.2 Å². The fourth-order valence-electron chi connectivity index (χ4n) is 2.56. The van der Waals surface area contributed by atoms with Gasteiger partial charge in [-0.15, -0.1) is 0 Å². The molecule has 0 saturated carbocycles. The lowest BCUT2D eigenvalue weighted by molar-refractivity contribution is -0.138. The molecule has 2 aromatic rings. The number of aliphatic hydroxyl groups is 1. The summed E-state index contributed by atoms with van der Waals surface area (Å²) >= 11 is 0. The van der Waals surface area contributed by atoms with Gasteiger partial charge in [-0.05, 0) is 22.6 Å². The maximum absolute atomic E-state index is 10.8. The predicted molar refractivity (Wildman–Crippen MR) is 81.8 cm³/mol. The Hall–Kier alpha value is -3.01. The van der Waals surface area contributed by atoms with Gasteiger partial charge >= 0.3 is 5.97 Å². The molecule has 10 nitrogen and oxygen atoms in total. The lowest BCUT2D eigenvalue weighted by atomic mass is 10.0. The van der Waals surface area contributed by atoms with Crippen molar-refractivity contribution in [1.82, 2.24) is 20.2 Å². The average molecular weight is 335 g/mol. The summed E-state index contributed by atoms with van der Waals surface area (Å²) in [7, 11) is 0. The van der Waals surface area contributed by atoms with Crippen LogP contribution in [0.2, 0.25) is 0 Å². The van der Waals surface area contributed by atoms with E-state index in [1.165, 1.54) is 0 Å². The van der Waals surface area contributed by atoms with Gasteiger partial charge in [0.1, 0.15) is 0 Å². The fraction of sp³-hybridized carbons (Fsp3) is 0.357. The normalized spacial score (nSPS) is 19.5. The number of rotatable bonds is 4. The van der Waals surface area contributed by atoms with Crippen molar-refractivity contribution in [3.05, 3.63) is 30.3 Å². The molecule has 1 fully saturated rings. The third-order valence-corrected chi connectivity index (χ3v) is 3.58. The lowest BCUT2D eigenvalue weighted by Crippen LogP contribution is -2.24. The highest BCUT2D eigenvalue weighted by Crippen LogP contribution is 2.25. The zero-order valence-corrected chi connectivity index (χ0v) is 12.6. The Kier molecular flexibility index (Phi) is 5.79. The van der Waals surface area contributed by atoms with Crippen molar-refractivity contribution in [2.75, 3.05) is 18.0 Å². The number of anilines is 1. The van der Waals surface area contributed by atoms with Crippen molar-refractivity contribution >= 4 is 18.4 Å². The maximum atomic E-state index is 10.8. The molecule has 10 heteroatoms. The molecule has 2 atom stereocenters. The molecule has 1 aliphatic rings. The van der Waals surface area contributed by atoms with Crippen LogP contribution in [0.4, 0.5) is 5.95 Å². The Morgan fingerprint density at radius 2 is 1.96 bits per heavy atom. The first-order valence-electron chi connectivity index (χ1n) is 7.13. The van der Waals surface area contributed by atoms with Gasteiger partial charge < -0.3 is 20.2 Å². The number of para-hydroxylation sites is 1. The molecule has 3 N–H and O–H groups in total. The smallest absolute Gasteiger partial charge is 0.303 e. The SMILES string of the molecule is O=C(O)C[C@@H]1CN(c2nnnn2-c2ccccc2)C[C@H]1O.O=CO. The molecule has 0 spiro atoms. The van der Waals surface area contributed by atoms with E-state index in [4.69, 9.17) is 15.0 Å². The second-order valence-electron chi connectivity index (χ2n) is 5.16. The zero-order valence-electron chi connectivity index (χ0n) is 12.6. The lowest BCUT2D eigenvalue weighted by Gasteiger charge is -2.16. The summed E-state index contributed by atoms with van der Waals surface area (Å²) in [6.45, 7) is 0.492. The number of β-amino-alcohol motifs (C(OH)–C–C–N with tert-alkyl or cyclic N) is 1. The van der Waals surface area contributed by atoms with E-state index in [1.54, 1.807) is 4.68 Å². The first kappa shape index (κ1) is 17.3. The first-order valence-corrected chi connectivity index (χ1v) is 7.13. The van der Waals surface area contributed by atoms with Crippen LogP contribution in [0.15, 0.2) is 30.3 Å². The average Bonchev–Trinajstić information content (AvgIpc) is 3.16. The van der Waals surface area contributed by atoms with Crippen molar-refractivity contribution in [3.63, 3.8) is 0 Å². The number of carboxylic acid groups (broad SMARTS) is 2. The summed E-state index contributed by atoms with van der Waals surface area (Å²) in [6.07, 6.45) is -0.757. The third kappa shape index (κ3) is 4.04. The van der Waals surface area contributed by atoms with E-state index in [0.29, 0.717) is 19.0 Å². The summed E-state index contributed by atoms with van der Waals surface area (Å²) < 4.78 is 1.58. The van der Waals surface area contributed by atoms with Gasteiger partial charge in [0.15, 0.2) is 0 Å². The number of hydrogen-bond donors (Lipinski definition) is 3. The Balaban J connectivity index is 0.000000647. The van der Waals surface area contributed by atoms with Gasteiger partial charge in [-0.3, -0.25) is 9.59 Å². The highest BCUT2D eigenvalue weighted by molar-refractivity contribution is 5.67. The largest absolute Gasteiger partial charge is 0.483 e. The van der Waals surface area contributed by atoms with Crippen LogP contribution >= 0.6 is 0 Å². The van der Waals surface area contributed by atoms with Crippen molar-refractivity contribution in [2.24, 2.45) is 5.92 Å². The Labute approximate surface area is 136 Å². The molecule has 3 rings (SSSR count). The summed E-state index contributed by atoms with van der Waals surface area (Å²) in [6, 6.07) is 9.41. The Morgan fingerprint density at radius 3 is 2.58 bits per heavy atom. The van der Waals surface area contributed by atoms with Crippen LogP contribution in [0.1, 0.15) is 6.42 Å². The second-order valence-corrected chi connectivity index (χ2v) is 5.16. The van der Waals surface area contributed by atoms with Gasteiger partial charge in [0, 0.05) is 19.0 Å². The number of aliphatic carboxylic acids is 1. The van der Waals surface area contributed by atoms with Gasteiger partial charge in [-0.1, -0.05) is 23.3 Å². The van der Waals surface area contributed by atoms with Crippen molar-refractivity contribution < 1.29 is 24.9 Å². The van der Waals surface area contributed by atoms with Crippen LogP contribution in [0.25, 0.3) is 5.69 Å². The molecule has 0 radical (unpaired) electrons. The number of tetrazole rings is 1. The summed E-state index contributed by atoms with van der Waals surface area (Å²) in [5.74, 6) is -0.722. The number of aromatic nitrogens is 4. The number of carbonyl (C=O) groups is 2. The fourth-order valence-corrected chi connectivity index (χ4v) is 2.56. The molecular formula is C14H17N5O5. The molecule has 0 amide bonds. The van der Waals surface area contributed by atoms with Crippen LogP contribution in [0.3, 0.4) is 0 Å². The molecular weight excluding hydrogens is 318 g/mol. The van der Waals surface area contributed by atoms with E-state index >= 15 is 0 Å². The van der Waals surface area contributed by atoms with Gasteiger partial charge in [0.25, 0.3) is 6.47 Å². The number of carboxylic acids is 1. The van der Waals surface area contributed by atoms with E-state index in [-0.39, 0.29) is 18.8 Å². The van der Waals surface area contributed by atoms with Gasteiger partial charge in [-0.2, -0.15) is 4.68 Å². The molecule has 2 heterocycles. The Morgan fingerprint density at radius 1 is 1.29 bits per heavy atom. The third-order valence-electron chi connectivity index (χ3n) is 3.58. The summed E-state index contributed by atoms with van der Waals surface area (Å²) in [5, 5.41) is 37.4. The minimum absolute atomic E-state index is 0.0649. The van der Waals surface area contributed by atoms with Gasteiger partial charge in [-0.25, -0.2) is 0 Å². The molecule has 1 aromatic carbocycles. The van der Waals surface area contributed by atoms with Gasteiger partial charge in [0.2, 0.25) is 5.95 Å². The first-order chi connectivity index (χ1) is 11.6. The molecule has 1 saturated heterocycles. The van der Waals surface area contributed by atoms with Crippen LogP contribution in [0.5, 0.6) is 0 Å².